The maximum atomic E-state index is 14.0. The topological polar surface area (TPSA) is 15.3 Å². The van der Waals surface area contributed by atoms with Crippen molar-refractivity contribution in [1.82, 2.24) is 5.32 Å². The Morgan fingerprint density at radius 2 is 1.94 bits per heavy atom. The fourth-order valence-corrected chi connectivity index (χ4v) is 2.16. The van der Waals surface area contributed by atoms with Gasteiger partial charge >= 0.3 is 0 Å². The van der Waals surface area contributed by atoms with Crippen LogP contribution in [0.4, 0.5) is 10.1 Å². The van der Waals surface area contributed by atoms with Crippen molar-refractivity contribution in [2.45, 2.75) is 39.8 Å². The lowest BCUT2D eigenvalue weighted by Crippen LogP contribution is -2.32. The van der Waals surface area contributed by atoms with E-state index in [1.54, 1.807) is 6.07 Å². The zero-order valence-corrected chi connectivity index (χ0v) is 11.4. The molecule has 0 bridgehead atoms. The van der Waals surface area contributed by atoms with Crippen molar-refractivity contribution in [1.29, 1.82) is 0 Å². The Morgan fingerprint density at radius 3 is 2.41 bits per heavy atom. The molecule has 1 unspecified atom stereocenters. The maximum absolute atomic E-state index is 14.0. The van der Waals surface area contributed by atoms with Crippen molar-refractivity contribution in [2.24, 2.45) is 0 Å². The van der Waals surface area contributed by atoms with Crippen LogP contribution in [0, 0.1) is 5.82 Å². The average molecular weight is 238 g/mol. The van der Waals surface area contributed by atoms with Crippen molar-refractivity contribution < 1.29 is 4.39 Å². The van der Waals surface area contributed by atoms with Gasteiger partial charge in [0, 0.05) is 29.9 Å². The van der Waals surface area contributed by atoms with E-state index in [2.05, 4.69) is 31.0 Å². The van der Waals surface area contributed by atoms with Crippen LogP contribution in [0.1, 0.15) is 39.3 Å². The second-order valence-corrected chi connectivity index (χ2v) is 4.56. The van der Waals surface area contributed by atoms with E-state index in [-0.39, 0.29) is 11.9 Å². The summed E-state index contributed by atoms with van der Waals surface area (Å²) in [5.41, 5.74) is 1.75. The van der Waals surface area contributed by atoms with Crippen LogP contribution in [0.5, 0.6) is 0 Å². The van der Waals surface area contributed by atoms with Gasteiger partial charge in [-0.05, 0) is 46.9 Å². The predicted octanol–water partition coefficient (Wildman–Crippen LogP) is 3.34. The molecular formula is C14H23FN2. The fraction of sp³-hybridized carbons (Fsp3) is 0.571. The molecule has 0 saturated carbocycles. The van der Waals surface area contributed by atoms with Gasteiger partial charge in [0.15, 0.2) is 0 Å². The molecule has 0 aliphatic carbocycles. The maximum Gasteiger partial charge on any atom is 0.130 e. The quantitative estimate of drug-likeness (QED) is 0.846. The van der Waals surface area contributed by atoms with E-state index in [1.807, 2.05) is 20.0 Å². The summed E-state index contributed by atoms with van der Waals surface area (Å²) in [5, 5.41) is 3.11. The third-order valence-electron chi connectivity index (χ3n) is 3.17. The molecule has 17 heavy (non-hydrogen) atoms. The summed E-state index contributed by atoms with van der Waals surface area (Å²) in [7, 11) is 1.85. The first-order valence-corrected chi connectivity index (χ1v) is 6.25. The number of benzene rings is 1. The Labute approximate surface area is 104 Å². The van der Waals surface area contributed by atoms with E-state index in [4.69, 9.17) is 0 Å². The minimum absolute atomic E-state index is 0.0130. The van der Waals surface area contributed by atoms with Gasteiger partial charge in [0.1, 0.15) is 5.82 Å². The fourth-order valence-electron chi connectivity index (χ4n) is 2.16. The molecule has 0 aliphatic heterocycles. The lowest BCUT2D eigenvalue weighted by atomic mass is 10.0. The molecule has 2 nitrogen and oxygen atoms in total. The highest BCUT2D eigenvalue weighted by Crippen LogP contribution is 2.29. The van der Waals surface area contributed by atoms with Gasteiger partial charge in [-0.15, -0.1) is 0 Å². The average Bonchev–Trinajstić information content (AvgIpc) is 2.29. The highest BCUT2D eigenvalue weighted by Gasteiger charge is 2.19. The highest BCUT2D eigenvalue weighted by atomic mass is 19.1. The number of nitrogens with one attached hydrogen (secondary N) is 1. The van der Waals surface area contributed by atoms with E-state index in [0.717, 1.165) is 17.8 Å². The van der Waals surface area contributed by atoms with Crippen molar-refractivity contribution >= 4 is 5.69 Å². The third-order valence-corrected chi connectivity index (χ3v) is 3.17. The molecule has 0 heterocycles. The van der Waals surface area contributed by atoms with Crippen LogP contribution in [0.2, 0.25) is 0 Å². The van der Waals surface area contributed by atoms with Gasteiger partial charge < -0.3 is 10.2 Å². The van der Waals surface area contributed by atoms with Gasteiger partial charge in [-0.1, -0.05) is 6.07 Å². The number of anilines is 1. The molecule has 1 aromatic carbocycles. The van der Waals surface area contributed by atoms with E-state index in [9.17, 15) is 4.39 Å². The van der Waals surface area contributed by atoms with E-state index >= 15 is 0 Å². The van der Waals surface area contributed by atoms with E-state index in [1.165, 1.54) is 6.07 Å². The SMILES string of the molecule is CCN(c1cccc(F)c1C(C)NC)C(C)C. The molecule has 0 saturated heterocycles. The first kappa shape index (κ1) is 14.0. The third kappa shape index (κ3) is 2.97. The number of nitrogens with zero attached hydrogens (tertiary/aromatic N) is 1. The van der Waals surface area contributed by atoms with Crippen molar-refractivity contribution in [2.75, 3.05) is 18.5 Å². The van der Waals surface area contributed by atoms with E-state index < -0.39 is 0 Å². The van der Waals surface area contributed by atoms with Gasteiger partial charge in [0.25, 0.3) is 0 Å². The Kier molecular flexibility index (Phi) is 4.94. The van der Waals surface area contributed by atoms with E-state index in [0.29, 0.717) is 6.04 Å². The van der Waals surface area contributed by atoms with Gasteiger partial charge in [0.05, 0.1) is 0 Å². The molecule has 0 radical (unpaired) electrons. The second-order valence-electron chi connectivity index (χ2n) is 4.56. The molecule has 0 aliphatic rings. The number of hydrogen-bond acceptors (Lipinski definition) is 2. The van der Waals surface area contributed by atoms with Crippen LogP contribution in [-0.4, -0.2) is 19.6 Å². The predicted molar refractivity (Wildman–Crippen MR) is 72.0 cm³/mol. The zero-order valence-electron chi connectivity index (χ0n) is 11.4. The molecule has 96 valence electrons. The van der Waals surface area contributed by atoms with Gasteiger partial charge in [-0.2, -0.15) is 0 Å². The normalized spacial score (nSPS) is 12.9. The summed E-state index contributed by atoms with van der Waals surface area (Å²) in [6.45, 7) is 9.21. The summed E-state index contributed by atoms with van der Waals surface area (Å²) in [6, 6.07) is 5.68. The first-order chi connectivity index (χ1) is 8.02. The van der Waals surface area contributed by atoms with Crippen LogP contribution >= 0.6 is 0 Å². The Balaban J connectivity index is 3.26. The lowest BCUT2D eigenvalue weighted by Gasteiger charge is -2.31. The molecule has 3 heteroatoms. The molecule has 0 aromatic heterocycles. The molecule has 1 atom stereocenters. The van der Waals surface area contributed by atoms with Gasteiger partial charge in [-0.25, -0.2) is 4.39 Å². The van der Waals surface area contributed by atoms with Crippen molar-refractivity contribution in [3.05, 3.63) is 29.6 Å². The Bertz CT molecular complexity index is 363. The number of hydrogen-bond donors (Lipinski definition) is 1. The molecule has 0 amide bonds. The molecule has 1 rings (SSSR count). The van der Waals surface area contributed by atoms with Gasteiger partial charge in [-0.3, -0.25) is 0 Å². The summed E-state index contributed by atoms with van der Waals surface area (Å²) in [4.78, 5) is 2.21. The highest BCUT2D eigenvalue weighted by molar-refractivity contribution is 5.56. The van der Waals surface area contributed by atoms with Crippen LogP contribution < -0.4 is 10.2 Å². The Hall–Kier alpha value is -1.09. The second kappa shape index (κ2) is 6.01. The van der Waals surface area contributed by atoms with Crippen molar-refractivity contribution in [3.63, 3.8) is 0 Å². The monoisotopic (exact) mass is 238 g/mol. The summed E-state index contributed by atoms with van der Waals surface area (Å²) in [6.07, 6.45) is 0. The molecule has 1 N–H and O–H groups in total. The smallest absolute Gasteiger partial charge is 0.130 e. The molecule has 0 fully saturated rings. The standard InChI is InChI=1S/C14H23FN2/c1-6-17(10(2)3)13-9-7-8-12(15)14(13)11(4)16-5/h7-11,16H,6H2,1-5H3. The van der Waals surface area contributed by atoms with Gasteiger partial charge in [0.2, 0.25) is 0 Å². The zero-order chi connectivity index (χ0) is 13.0. The summed E-state index contributed by atoms with van der Waals surface area (Å²) >= 11 is 0. The van der Waals surface area contributed by atoms with Crippen molar-refractivity contribution in [3.8, 4) is 0 Å². The summed E-state index contributed by atoms with van der Waals surface area (Å²) < 4.78 is 14.0. The van der Waals surface area contributed by atoms with Crippen LogP contribution in [0.3, 0.4) is 0 Å². The Morgan fingerprint density at radius 1 is 1.29 bits per heavy atom. The number of rotatable bonds is 5. The van der Waals surface area contributed by atoms with Crippen LogP contribution in [0.25, 0.3) is 0 Å². The van der Waals surface area contributed by atoms with Crippen LogP contribution in [0.15, 0.2) is 18.2 Å². The molecule has 0 spiro atoms. The first-order valence-electron chi connectivity index (χ1n) is 6.25. The minimum Gasteiger partial charge on any atom is -0.369 e. The lowest BCUT2D eigenvalue weighted by molar-refractivity contribution is 0.557. The molecule has 1 aromatic rings. The van der Waals surface area contributed by atoms with Crippen LogP contribution in [-0.2, 0) is 0 Å². The summed E-state index contributed by atoms with van der Waals surface area (Å²) in [5.74, 6) is -0.136. The largest absolute Gasteiger partial charge is 0.369 e. The number of halogens is 1. The molecular weight excluding hydrogens is 215 g/mol. The minimum atomic E-state index is -0.136.